The van der Waals surface area contributed by atoms with Gasteiger partial charge in [-0.1, -0.05) is 0 Å². The number of halogens is 3. The van der Waals surface area contributed by atoms with E-state index in [1.54, 1.807) is 29.0 Å². The van der Waals surface area contributed by atoms with Gasteiger partial charge in [-0.05, 0) is 46.2 Å². The average Bonchev–Trinajstić information content (AvgIpc) is 3.17. The molecule has 2 aromatic heterocycles. The minimum absolute atomic E-state index is 0.0457. The quantitative estimate of drug-likeness (QED) is 0.773. The van der Waals surface area contributed by atoms with Crippen LogP contribution in [0.4, 0.5) is 13.2 Å². The van der Waals surface area contributed by atoms with E-state index in [1.165, 1.54) is 11.3 Å². The molecule has 0 radical (unpaired) electrons. The third-order valence-corrected chi connectivity index (χ3v) is 3.73. The molecule has 0 saturated carbocycles. The van der Waals surface area contributed by atoms with Crippen molar-refractivity contribution in [3.8, 4) is 28.5 Å². The fourth-order valence-corrected chi connectivity index (χ4v) is 2.70. The largest absolute Gasteiger partial charge is 0.416 e. The van der Waals surface area contributed by atoms with Gasteiger partial charge in [-0.2, -0.15) is 40.1 Å². The molecule has 0 amide bonds. The molecule has 1 N–H and O–H groups in total. The topological polar surface area (TPSA) is 65.4 Å². The van der Waals surface area contributed by atoms with Crippen molar-refractivity contribution in [1.82, 2.24) is 15.4 Å². The Hall–Kier alpha value is -2.66. The molecule has 0 atom stereocenters. The first kappa shape index (κ1) is 14.3. The number of hydrogen-bond acceptors (Lipinski definition) is 4. The molecule has 4 nitrogen and oxygen atoms in total. The molecule has 1 aromatic carbocycles. The van der Waals surface area contributed by atoms with Crippen LogP contribution in [0.2, 0.25) is 0 Å². The Morgan fingerprint density at radius 2 is 1.86 bits per heavy atom. The molecular formula is C14H7F3N4S. The van der Waals surface area contributed by atoms with E-state index < -0.39 is 11.7 Å². The van der Waals surface area contributed by atoms with Crippen molar-refractivity contribution in [3.63, 3.8) is 0 Å². The second kappa shape index (κ2) is 5.27. The highest BCUT2D eigenvalue weighted by molar-refractivity contribution is 7.08. The van der Waals surface area contributed by atoms with Crippen LogP contribution in [0, 0.1) is 11.3 Å². The number of nitriles is 1. The van der Waals surface area contributed by atoms with Crippen LogP contribution in [-0.4, -0.2) is 15.4 Å². The van der Waals surface area contributed by atoms with Gasteiger partial charge in [0.15, 0.2) is 5.69 Å². The van der Waals surface area contributed by atoms with Crippen LogP contribution < -0.4 is 0 Å². The number of alkyl halides is 3. The summed E-state index contributed by atoms with van der Waals surface area (Å²) >= 11 is 1.39. The molecule has 22 heavy (non-hydrogen) atoms. The van der Waals surface area contributed by atoms with Crippen LogP contribution >= 0.6 is 11.3 Å². The molecule has 3 rings (SSSR count). The number of nitrogens with one attached hydrogen (secondary N) is 1. The van der Waals surface area contributed by atoms with E-state index in [0.29, 0.717) is 11.1 Å². The van der Waals surface area contributed by atoms with Crippen LogP contribution in [0.3, 0.4) is 0 Å². The molecule has 0 aliphatic rings. The van der Waals surface area contributed by atoms with Crippen molar-refractivity contribution in [3.05, 3.63) is 46.3 Å². The maximum Gasteiger partial charge on any atom is 0.416 e. The summed E-state index contributed by atoms with van der Waals surface area (Å²) in [5, 5.41) is 22.2. The van der Waals surface area contributed by atoms with Crippen LogP contribution in [-0.2, 0) is 6.18 Å². The number of hydrogen-bond donors (Lipinski definition) is 1. The van der Waals surface area contributed by atoms with E-state index in [4.69, 9.17) is 5.26 Å². The maximum atomic E-state index is 13.1. The first-order valence-electron chi connectivity index (χ1n) is 6.05. The standard InChI is InChI=1S/C14H7F3N4S/c15-14(16,17)11-4-9(8-1-2-22-7-8)3-10(5-11)13-12(6-18)19-21-20-13/h1-5,7H,(H,19,20,21). The molecule has 0 spiro atoms. The van der Waals surface area contributed by atoms with Gasteiger partial charge < -0.3 is 0 Å². The van der Waals surface area contributed by atoms with Crippen molar-refractivity contribution >= 4 is 11.3 Å². The summed E-state index contributed by atoms with van der Waals surface area (Å²) in [7, 11) is 0. The van der Waals surface area contributed by atoms with E-state index >= 15 is 0 Å². The number of thiophene rings is 1. The summed E-state index contributed by atoms with van der Waals surface area (Å²) < 4.78 is 39.3. The first-order chi connectivity index (χ1) is 10.5. The monoisotopic (exact) mass is 320 g/mol. The number of aromatic amines is 1. The Bertz CT molecular complexity index is 844. The molecule has 0 bridgehead atoms. The van der Waals surface area contributed by atoms with Gasteiger partial charge >= 0.3 is 6.18 Å². The summed E-state index contributed by atoms with van der Waals surface area (Å²) in [4.78, 5) is 0. The Kier molecular flexibility index (Phi) is 3.42. The van der Waals surface area contributed by atoms with Crippen molar-refractivity contribution in [2.24, 2.45) is 0 Å². The smallest absolute Gasteiger partial charge is 0.196 e. The van der Waals surface area contributed by atoms with E-state index in [1.807, 2.05) is 0 Å². The van der Waals surface area contributed by atoms with Crippen molar-refractivity contribution in [2.45, 2.75) is 6.18 Å². The second-order valence-electron chi connectivity index (χ2n) is 4.44. The predicted molar refractivity (Wildman–Crippen MR) is 74.8 cm³/mol. The lowest BCUT2D eigenvalue weighted by molar-refractivity contribution is -0.137. The number of benzene rings is 1. The van der Waals surface area contributed by atoms with Gasteiger partial charge in [0.1, 0.15) is 11.8 Å². The van der Waals surface area contributed by atoms with Crippen LogP contribution in [0.5, 0.6) is 0 Å². The Morgan fingerprint density at radius 1 is 1.09 bits per heavy atom. The zero-order chi connectivity index (χ0) is 15.7. The van der Waals surface area contributed by atoms with Gasteiger partial charge in [0.2, 0.25) is 0 Å². The maximum absolute atomic E-state index is 13.1. The summed E-state index contributed by atoms with van der Waals surface area (Å²) in [6.07, 6.45) is -4.49. The van der Waals surface area contributed by atoms with Gasteiger partial charge in [-0.15, -0.1) is 5.10 Å². The Labute approximate surface area is 126 Å². The van der Waals surface area contributed by atoms with Gasteiger partial charge in [0, 0.05) is 5.56 Å². The molecular weight excluding hydrogens is 313 g/mol. The molecule has 0 unspecified atom stereocenters. The summed E-state index contributed by atoms with van der Waals surface area (Å²) in [5.41, 5.74) is 0.553. The predicted octanol–water partition coefficient (Wildman–Crippen LogP) is 4.09. The second-order valence-corrected chi connectivity index (χ2v) is 5.22. The first-order valence-corrected chi connectivity index (χ1v) is 6.99. The lowest BCUT2D eigenvalue weighted by Crippen LogP contribution is -2.05. The lowest BCUT2D eigenvalue weighted by atomic mass is 9.99. The van der Waals surface area contributed by atoms with E-state index in [2.05, 4.69) is 15.4 Å². The molecule has 110 valence electrons. The highest BCUT2D eigenvalue weighted by Gasteiger charge is 2.32. The molecule has 0 aliphatic carbocycles. The van der Waals surface area contributed by atoms with Crippen molar-refractivity contribution < 1.29 is 13.2 Å². The van der Waals surface area contributed by atoms with Gasteiger partial charge in [-0.3, -0.25) is 0 Å². The molecule has 0 saturated heterocycles. The molecule has 0 fully saturated rings. The number of nitrogens with zero attached hydrogens (tertiary/aromatic N) is 3. The van der Waals surface area contributed by atoms with Crippen LogP contribution in [0.25, 0.3) is 22.4 Å². The molecule has 3 aromatic rings. The van der Waals surface area contributed by atoms with Gasteiger partial charge in [-0.25, -0.2) is 0 Å². The third kappa shape index (κ3) is 2.58. The van der Waals surface area contributed by atoms with Crippen molar-refractivity contribution in [2.75, 3.05) is 0 Å². The number of rotatable bonds is 2. The summed E-state index contributed by atoms with van der Waals surface area (Å²) in [5.74, 6) is 0. The van der Waals surface area contributed by atoms with E-state index in [9.17, 15) is 13.2 Å². The zero-order valence-corrected chi connectivity index (χ0v) is 11.7. The number of aromatic nitrogens is 3. The summed E-state index contributed by atoms with van der Waals surface area (Å²) in [6, 6.07) is 7.15. The molecule has 8 heteroatoms. The van der Waals surface area contributed by atoms with Gasteiger partial charge in [0.05, 0.1) is 5.56 Å². The lowest BCUT2D eigenvalue weighted by Gasteiger charge is -2.11. The van der Waals surface area contributed by atoms with Crippen LogP contribution in [0.15, 0.2) is 35.0 Å². The number of H-pyrrole nitrogens is 1. The SMILES string of the molecule is N#Cc1n[nH]nc1-c1cc(-c2ccsc2)cc(C(F)(F)F)c1. The molecule has 0 aliphatic heterocycles. The van der Waals surface area contributed by atoms with Crippen LogP contribution in [0.1, 0.15) is 11.3 Å². The van der Waals surface area contributed by atoms with E-state index in [-0.39, 0.29) is 17.0 Å². The van der Waals surface area contributed by atoms with Crippen molar-refractivity contribution in [1.29, 1.82) is 5.26 Å². The highest BCUT2D eigenvalue weighted by atomic mass is 32.1. The normalized spacial score (nSPS) is 11.4. The fourth-order valence-electron chi connectivity index (χ4n) is 2.03. The highest BCUT2D eigenvalue weighted by Crippen LogP contribution is 2.36. The third-order valence-electron chi connectivity index (χ3n) is 3.04. The summed E-state index contributed by atoms with van der Waals surface area (Å²) in [6.45, 7) is 0. The minimum atomic E-state index is -4.49. The molecule has 2 heterocycles. The fraction of sp³-hybridized carbons (Fsp3) is 0.0714. The Balaban J connectivity index is 2.23. The average molecular weight is 320 g/mol. The Morgan fingerprint density at radius 3 is 2.50 bits per heavy atom. The van der Waals surface area contributed by atoms with Gasteiger partial charge in [0.25, 0.3) is 0 Å². The van der Waals surface area contributed by atoms with E-state index in [0.717, 1.165) is 12.1 Å². The minimum Gasteiger partial charge on any atom is -0.196 e. The zero-order valence-electron chi connectivity index (χ0n) is 10.8.